The molecule has 4 nitrogen and oxygen atoms in total. The smallest absolute Gasteiger partial charge is 0.163 e. The minimum atomic E-state index is 0.445. The molecule has 16 heavy (non-hydrogen) atoms. The first kappa shape index (κ1) is 10.7. The number of nitrogens with zero attached hydrogens (tertiary/aromatic N) is 3. The van der Waals surface area contributed by atoms with E-state index in [0.717, 1.165) is 17.1 Å². The van der Waals surface area contributed by atoms with Gasteiger partial charge in [-0.15, -0.1) is 10.2 Å². The Bertz CT molecular complexity index is 456. The molecule has 0 saturated carbocycles. The van der Waals surface area contributed by atoms with Crippen LogP contribution in [-0.4, -0.2) is 20.8 Å². The Hall–Kier alpha value is -1.84. The second kappa shape index (κ2) is 4.35. The molecule has 0 radical (unpaired) electrons. The Morgan fingerprint density at radius 1 is 1.19 bits per heavy atom. The van der Waals surface area contributed by atoms with Gasteiger partial charge in [-0.2, -0.15) is 0 Å². The van der Waals surface area contributed by atoms with Crippen LogP contribution in [0.25, 0.3) is 11.4 Å². The summed E-state index contributed by atoms with van der Waals surface area (Å²) in [5.74, 6) is 0.885. The van der Waals surface area contributed by atoms with Crippen LogP contribution in [0.3, 0.4) is 0 Å². The summed E-state index contributed by atoms with van der Waals surface area (Å²) in [5, 5.41) is 11.3. The average Bonchev–Trinajstić information content (AvgIpc) is 2.65. The molecule has 0 fully saturated rings. The van der Waals surface area contributed by atoms with Gasteiger partial charge in [-0.3, -0.25) is 0 Å². The zero-order valence-electron chi connectivity index (χ0n) is 9.81. The Morgan fingerprint density at radius 2 is 1.88 bits per heavy atom. The lowest BCUT2D eigenvalue weighted by Crippen LogP contribution is -2.09. The molecule has 0 aliphatic rings. The molecule has 1 aromatic heterocycles. The maximum atomic E-state index is 4.07. The Kier molecular flexibility index (Phi) is 2.90. The molecule has 0 unspecified atom stereocenters. The van der Waals surface area contributed by atoms with Crippen LogP contribution < -0.4 is 5.32 Å². The number of benzene rings is 1. The second-order valence-corrected chi connectivity index (χ2v) is 4.14. The van der Waals surface area contributed by atoms with Crippen LogP contribution in [-0.2, 0) is 7.05 Å². The maximum Gasteiger partial charge on any atom is 0.163 e. The van der Waals surface area contributed by atoms with Crippen molar-refractivity contribution in [3.8, 4) is 11.4 Å². The Labute approximate surface area is 95.3 Å². The average molecular weight is 216 g/mol. The molecule has 0 spiro atoms. The van der Waals surface area contributed by atoms with E-state index in [2.05, 4.69) is 53.6 Å². The lowest BCUT2D eigenvalue weighted by molar-refractivity contribution is 0.899. The molecule has 0 amide bonds. The van der Waals surface area contributed by atoms with E-state index in [1.807, 2.05) is 11.6 Å². The van der Waals surface area contributed by atoms with E-state index in [4.69, 9.17) is 0 Å². The number of hydrogen-bond donors (Lipinski definition) is 1. The third-order valence-corrected chi connectivity index (χ3v) is 2.31. The first-order valence-electron chi connectivity index (χ1n) is 5.38. The number of anilines is 1. The highest BCUT2D eigenvalue weighted by molar-refractivity contribution is 5.59. The predicted molar refractivity (Wildman–Crippen MR) is 65.2 cm³/mol. The van der Waals surface area contributed by atoms with E-state index in [1.54, 1.807) is 6.33 Å². The summed E-state index contributed by atoms with van der Waals surface area (Å²) in [6.45, 7) is 4.24. The number of aromatic nitrogens is 3. The van der Waals surface area contributed by atoms with E-state index in [0.29, 0.717) is 6.04 Å². The van der Waals surface area contributed by atoms with Crippen molar-refractivity contribution >= 4 is 5.69 Å². The molecule has 4 heteroatoms. The van der Waals surface area contributed by atoms with Crippen molar-refractivity contribution in [2.45, 2.75) is 19.9 Å². The summed E-state index contributed by atoms with van der Waals surface area (Å²) in [7, 11) is 1.94. The molecule has 1 aromatic carbocycles. The zero-order valence-corrected chi connectivity index (χ0v) is 9.81. The topological polar surface area (TPSA) is 42.7 Å². The second-order valence-electron chi connectivity index (χ2n) is 4.14. The van der Waals surface area contributed by atoms with Crippen molar-refractivity contribution in [3.63, 3.8) is 0 Å². The highest BCUT2D eigenvalue weighted by atomic mass is 15.2. The van der Waals surface area contributed by atoms with Crippen molar-refractivity contribution in [1.29, 1.82) is 0 Å². The van der Waals surface area contributed by atoms with Crippen LogP contribution in [0.2, 0.25) is 0 Å². The fourth-order valence-electron chi connectivity index (χ4n) is 1.59. The molecular weight excluding hydrogens is 200 g/mol. The molecule has 0 aliphatic carbocycles. The van der Waals surface area contributed by atoms with E-state index < -0.39 is 0 Å². The van der Waals surface area contributed by atoms with Gasteiger partial charge in [-0.1, -0.05) is 0 Å². The quantitative estimate of drug-likeness (QED) is 0.856. The minimum absolute atomic E-state index is 0.445. The minimum Gasteiger partial charge on any atom is -0.383 e. The number of aryl methyl sites for hydroxylation is 1. The molecule has 0 aliphatic heterocycles. The van der Waals surface area contributed by atoms with Gasteiger partial charge in [-0.25, -0.2) is 0 Å². The molecular formula is C12H16N4. The highest BCUT2D eigenvalue weighted by Crippen LogP contribution is 2.18. The third-order valence-electron chi connectivity index (χ3n) is 2.31. The molecule has 84 valence electrons. The van der Waals surface area contributed by atoms with Gasteiger partial charge in [0, 0.05) is 24.3 Å². The monoisotopic (exact) mass is 216 g/mol. The fourth-order valence-corrected chi connectivity index (χ4v) is 1.59. The van der Waals surface area contributed by atoms with Crippen LogP contribution in [0.15, 0.2) is 30.6 Å². The summed E-state index contributed by atoms with van der Waals surface area (Å²) < 4.78 is 1.91. The normalized spacial score (nSPS) is 10.8. The maximum absolute atomic E-state index is 4.07. The van der Waals surface area contributed by atoms with Gasteiger partial charge in [0.05, 0.1) is 0 Å². The van der Waals surface area contributed by atoms with E-state index in [1.165, 1.54) is 0 Å². The molecule has 0 saturated heterocycles. The molecule has 2 aromatic rings. The molecule has 1 heterocycles. The van der Waals surface area contributed by atoms with E-state index >= 15 is 0 Å². The van der Waals surface area contributed by atoms with Gasteiger partial charge >= 0.3 is 0 Å². The van der Waals surface area contributed by atoms with Gasteiger partial charge in [0.25, 0.3) is 0 Å². The summed E-state index contributed by atoms with van der Waals surface area (Å²) >= 11 is 0. The van der Waals surface area contributed by atoms with Crippen LogP contribution in [0.4, 0.5) is 5.69 Å². The van der Waals surface area contributed by atoms with E-state index in [9.17, 15) is 0 Å². The fraction of sp³-hybridized carbons (Fsp3) is 0.333. The van der Waals surface area contributed by atoms with Crippen LogP contribution >= 0.6 is 0 Å². The molecule has 2 rings (SSSR count). The van der Waals surface area contributed by atoms with Crippen LogP contribution in [0, 0.1) is 0 Å². The highest BCUT2D eigenvalue weighted by Gasteiger charge is 2.04. The standard InChI is InChI=1S/C12H16N4/c1-9(2)14-11-6-4-10(5-7-11)12-15-13-8-16(12)3/h4-9,14H,1-3H3. The van der Waals surface area contributed by atoms with Gasteiger partial charge < -0.3 is 9.88 Å². The number of nitrogens with one attached hydrogen (secondary N) is 1. The van der Waals surface area contributed by atoms with Crippen molar-refractivity contribution in [2.24, 2.45) is 7.05 Å². The predicted octanol–water partition coefficient (Wildman–Crippen LogP) is 2.30. The van der Waals surface area contributed by atoms with Crippen molar-refractivity contribution in [2.75, 3.05) is 5.32 Å². The SMILES string of the molecule is CC(C)Nc1ccc(-c2nncn2C)cc1. The van der Waals surface area contributed by atoms with Gasteiger partial charge in [0.2, 0.25) is 0 Å². The third kappa shape index (κ3) is 2.21. The Morgan fingerprint density at radius 3 is 2.38 bits per heavy atom. The van der Waals surface area contributed by atoms with Crippen LogP contribution in [0.1, 0.15) is 13.8 Å². The first-order valence-corrected chi connectivity index (χ1v) is 5.38. The zero-order chi connectivity index (χ0) is 11.5. The van der Waals surface area contributed by atoms with Crippen LogP contribution in [0.5, 0.6) is 0 Å². The largest absolute Gasteiger partial charge is 0.383 e. The van der Waals surface area contributed by atoms with Crippen molar-refractivity contribution < 1.29 is 0 Å². The molecule has 1 N–H and O–H groups in total. The first-order chi connectivity index (χ1) is 7.66. The summed E-state index contributed by atoms with van der Waals surface area (Å²) in [5.41, 5.74) is 2.20. The van der Waals surface area contributed by atoms with Crippen molar-refractivity contribution in [3.05, 3.63) is 30.6 Å². The van der Waals surface area contributed by atoms with Gasteiger partial charge in [0.1, 0.15) is 6.33 Å². The lowest BCUT2D eigenvalue weighted by Gasteiger charge is -2.10. The number of hydrogen-bond acceptors (Lipinski definition) is 3. The van der Waals surface area contributed by atoms with E-state index in [-0.39, 0.29) is 0 Å². The summed E-state index contributed by atoms with van der Waals surface area (Å²) in [4.78, 5) is 0. The number of rotatable bonds is 3. The lowest BCUT2D eigenvalue weighted by atomic mass is 10.2. The molecule has 0 atom stereocenters. The summed E-state index contributed by atoms with van der Waals surface area (Å²) in [6.07, 6.45) is 1.70. The van der Waals surface area contributed by atoms with Gasteiger partial charge in [0.15, 0.2) is 5.82 Å². The Balaban J connectivity index is 2.23. The summed E-state index contributed by atoms with van der Waals surface area (Å²) in [6, 6.07) is 8.66. The van der Waals surface area contributed by atoms with Gasteiger partial charge in [-0.05, 0) is 38.1 Å². The molecule has 0 bridgehead atoms. The van der Waals surface area contributed by atoms with Crippen molar-refractivity contribution in [1.82, 2.24) is 14.8 Å².